The fraction of sp³-hybridized carbons (Fsp3) is 0.625. The van der Waals surface area contributed by atoms with Crippen LogP contribution in [0.5, 0.6) is 11.5 Å². The highest BCUT2D eigenvalue weighted by atomic mass is 19.1. The van der Waals surface area contributed by atoms with Gasteiger partial charge in [-0.25, -0.2) is 8.78 Å². The standard InChI is InChI=1S/C32H46F2O2/c1-3-5-7-9-11-13-15-23-35-29-21-19-25-26-20-22-30(36-24-16-14-12-10-8-6-4-2)32(34)28(26)18-17-27(25)31(29)33/h19-22H,3-18,23-24H2,1-2H3. The van der Waals surface area contributed by atoms with E-state index < -0.39 is 0 Å². The van der Waals surface area contributed by atoms with Gasteiger partial charge in [0.2, 0.25) is 0 Å². The quantitative estimate of drug-likeness (QED) is 0.190. The van der Waals surface area contributed by atoms with E-state index in [-0.39, 0.29) is 11.6 Å². The molecule has 1 aliphatic carbocycles. The Balaban J connectivity index is 1.51. The second-order valence-corrected chi connectivity index (χ2v) is 10.2. The van der Waals surface area contributed by atoms with Crippen molar-refractivity contribution in [2.24, 2.45) is 0 Å². The summed E-state index contributed by atoms with van der Waals surface area (Å²) in [6.45, 7) is 5.52. The first-order valence-corrected chi connectivity index (χ1v) is 14.6. The topological polar surface area (TPSA) is 18.5 Å². The van der Waals surface area contributed by atoms with Crippen molar-refractivity contribution in [2.45, 2.75) is 117 Å². The number of unbranched alkanes of at least 4 members (excludes halogenated alkanes) is 12. The number of fused-ring (bicyclic) bond motifs is 3. The maximum atomic E-state index is 15.2. The van der Waals surface area contributed by atoms with Gasteiger partial charge in [0, 0.05) is 0 Å². The highest BCUT2D eigenvalue weighted by Gasteiger charge is 2.25. The van der Waals surface area contributed by atoms with E-state index in [1.54, 1.807) is 12.1 Å². The molecule has 36 heavy (non-hydrogen) atoms. The summed E-state index contributed by atoms with van der Waals surface area (Å²) < 4.78 is 42.0. The van der Waals surface area contributed by atoms with Crippen LogP contribution < -0.4 is 9.47 Å². The van der Waals surface area contributed by atoms with Gasteiger partial charge in [0.05, 0.1) is 13.2 Å². The summed E-state index contributed by atoms with van der Waals surface area (Å²) in [7, 11) is 0. The second-order valence-electron chi connectivity index (χ2n) is 10.2. The lowest BCUT2D eigenvalue weighted by Gasteiger charge is -2.23. The van der Waals surface area contributed by atoms with Gasteiger partial charge < -0.3 is 9.47 Å². The predicted molar refractivity (Wildman–Crippen MR) is 146 cm³/mol. The summed E-state index contributed by atoms with van der Waals surface area (Å²) in [5, 5.41) is 0. The van der Waals surface area contributed by atoms with Gasteiger partial charge in [0.25, 0.3) is 0 Å². The van der Waals surface area contributed by atoms with E-state index in [4.69, 9.17) is 9.47 Å². The van der Waals surface area contributed by atoms with Crippen LogP contribution in [0.1, 0.15) is 115 Å². The lowest BCUT2D eigenvalue weighted by atomic mass is 9.84. The van der Waals surface area contributed by atoms with Crippen molar-refractivity contribution >= 4 is 0 Å². The second kappa shape index (κ2) is 15.9. The van der Waals surface area contributed by atoms with Crippen LogP contribution in [0.25, 0.3) is 11.1 Å². The number of benzene rings is 2. The molecule has 4 heteroatoms. The lowest BCUT2D eigenvalue weighted by molar-refractivity contribution is 0.288. The SMILES string of the molecule is CCCCCCCCCOc1ccc2c(c1F)CCc1c-2ccc(OCCCCCCCCC)c1F. The molecule has 0 saturated carbocycles. The third kappa shape index (κ3) is 8.21. The van der Waals surface area contributed by atoms with E-state index in [1.165, 1.54) is 64.2 Å². The normalized spacial score (nSPS) is 12.3. The smallest absolute Gasteiger partial charge is 0.168 e. The summed E-state index contributed by atoms with van der Waals surface area (Å²) in [6.07, 6.45) is 17.7. The lowest BCUT2D eigenvalue weighted by Crippen LogP contribution is -2.11. The Hall–Kier alpha value is -2.10. The summed E-state index contributed by atoms with van der Waals surface area (Å²) in [6, 6.07) is 7.17. The Morgan fingerprint density at radius 2 is 0.889 bits per heavy atom. The average molecular weight is 501 g/mol. The number of hydrogen-bond acceptors (Lipinski definition) is 2. The molecule has 0 fully saturated rings. The van der Waals surface area contributed by atoms with Crippen LogP contribution in [0.2, 0.25) is 0 Å². The minimum absolute atomic E-state index is 0.291. The molecule has 2 nitrogen and oxygen atoms in total. The van der Waals surface area contributed by atoms with Crippen molar-refractivity contribution in [3.63, 3.8) is 0 Å². The molecule has 0 radical (unpaired) electrons. The molecule has 0 aromatic heterocycles. The van der Waals surface area contributed by atoms with E-state index in [0.717, 1.165) is 36.8 Å². The van der Waals surface area contributed by atoms with E-state index >= 15 is 8.78 Å². The molecule has 1 aliphatic rings. The van der Waals surface area contributed by atoms with Crippen molar-refractivity contribution < 1.29 is 18.3 Å². The molecule has 0 aliphatic heterocycles. The number of ether oxygens (including phenoxy) is 2. The van der Waals surface area contributed by atoms with E-state index in [2.05, 4.69) is 13.8 Å². The Morgan fingerprint density at radius 3 is 1.28 bits per heavy atom. The van der Waals surface area contributed by atoms with Gasteiger partial charge in [0.15, 0.2) is 23.1 Å². The summed E-state index contributed by atoms with van der Waals surface area (Å²) in [5.74, 6) is 0.0538. The zero-order valence-electron chi connectivity index (χ0n) is 22.6. The molecule has 0 spiro atoms. The van der Waals surface area contributed by atoms with Crippen LogP contribution in [0.3, 0.4) is 0 Å². The molecule has 0 saturated heterocycles. The Morgan fingerprint density at radius 1 is 0.528 bits per heavy atom. The zero-order chi connectivity index (χ0) is 25.6. The first-order chi connectivity index (χ1) is 17.7. The first-order valence-electron chi connectivity index (χ1n) is 14.6. The minimum atomic E-state index is -0.291. The maximum absolute atomic E-state index is 15.2. The van der Waals surface area contributed by atoms with E-state index in [9.17, 15) is 0 Å². The third-order valence-corrected chi connectivity index (χ3v) is 7.34. The van der Waals surface area contributed by atoms with Gasteiger partial charge in [-0.2, -0.15) is 0 Å². The van der Waals surface area contributed by atoms with Crippen LogP contribution in [0.4, 0.5) is 8.78 Å². The number of hydrogen-bond donors (Lipinski definition) is 0. The van der Waals surface area contributed by atoms with Crippen LogP contribution in [-0.4, -0.2) is 13.2 Å². The largest absolute Gasteiger partial charge is 0.491 e. The van der Waals surface area contributed by atoms with Crippen molar-refractivity contribution in [1.29, 1.82) is 0 Å². The van der Waals surface area contributed by atoms with Gasteiger partial charge >= 0.3 is 0 Å². The van der Waals surface area contributed by atoms with Crippen LogP contribution >= 0.6 is 0 Å². The maximum Gasteiger partial charge on any atom is 0.168 e. The fourth-order valence-corrected chi connectivity index (χ4v) is 5.15. The molecule has 0 unspecified atom stereocenters. The molecule has 3 rings (SSSR count). The van der Waals surface area contributed by atoms with Gasteiger partial charge in [0.1, 0.15) is 0 Å². The molecule has 2 aromatic carbocycles. The molecule has 2 aromatic rings. The molecule has 0 N–H and O–H groups in total. The predicted octanol–water partition coefficient (Wildman–Crippen LogP) is 9.99. The Labute approximate surface area is 217 Å². The molecule has 0 atom stereocenters. The number of rotatable bonds is 18. The highest BCUT2D eigenvalue weighted by molar-refractivity contribution is 5.75. The summed E-state index contributed by atoms with van der Waals surface area (Å²) in [4.78, 5) is 0. The molecular formula is C32H46F2O2. The molecule has 200 valence electrons. The summed E-state index contributed by atoms with van der Waals surface area (Å²) in [5.41, 5.74) is 2.82. The summed E-state index contributed by atoms with van der Waals surface area (Å²) >= 11 is 0. The van der Waals surface area contributed by atoms with Gasteiger partial charge in [-0.15, -0.1) is 0 Å². The Bertz CT molecular complexity index is 849. The Kier molecular flexibility index (Phi) is 12.6. The van der Waals surface area contributed by atoms with Crippen molar-refractivity contribution in [3.05, 3.63) is 47.0 Å². The molecule has 0 bridgehead atoms. The van der Waals surface area contributed by atoms with Crippen molar-refractivity contribution in [2.75, 3.05) is 13.2 Å². The fourth-order valence-electron chi connectivity index (χ4n) is 5.15. The average Bonchev–Trinajstić information content (AvgIpc) is 2.89. The van der Waals surface area contributed by atoms with Crippen molar-refractivity contribution in [1.82, 2.24) is 0 Å². The highest BCUT2D eigenvalue weighted by Crippen LogP contribution is 2.40. The van der Waals surface area contributed by atoms with E-state index in [0.29, 0.717) is 48.7 Å². The van der Waals surface area contributed by atoms with Crippen molar-refractivity contribution in [3.8, 4) is 22.6 Å². The van der Waals surface area contributed by atoms with Crippen LogP contribution in [0.15, 0.2) is 24.3 Å². The van der Waals surface area contributed by atoms with Gasteiger partial charge in [-0.05, 0) is 60.1 Å². The molecular weight excluding hydrogens is 454 g/mol. The third-order valence-electron chi connectivity index (χ3n) is 7.34. The molecule has 0 amide bonds. The minimum Gasteiger partial charge on any atom is -0.491 e. The monoisotopic (exact) mass is 500 g/mol. The zero-order valence-corrected chi connectivity index (χ0v) is 22.6. The van der Waals surface area contributed by atoms with Gasteiger partial charge in [-0.1, -0.05) is 103 Å². The van der Waals surface area contributed by atoms with E-state index in [1.807, 2.05) is 12.1 Å². The van der Waals surface area contributed by atoms with Crippen LogP contribution in [-0.2, 0) is 12.8 Å². The first kappa shape index (κ1) is 28.5. The van der Waals surface area contributed by atoms with Crippen LogP contribution in [0, 0.1) is 11.6 Å². The number of halogens is 2. The molecule has 0 heterocycles. The van der Waals surface area contributed by atoms with Gasteiger partial charge in [-0.3, -0.25) is 0 Å².